The van der Waals surface area contributed by atoms with Crippen LogP contribution in [-0.4, -0.2) is 4.98 Å². The number of aryl methyl sites for hydroxylation is 2. The second-order valence-corrected chi connectivity index (χ2v) is 2.48. The highest BCUT2D eigenvalue weighted by atomic mass is 35.5. The molecule has 0 saturated carbocycles. The van der Waals surface area contributed by atoms with Gasteiger partial charge in [-0.3, -0.25) is 4.98 Å². The van der Waals surface area contributed by atoms with E-state index in [1.165, 1.54) is 0 Å². The molecule has 0 radical (unpaired) electrons. The van der Waals surface area contributed by atoms with E-state index in [2.05, 4.69) is 4.98 Å². The van der Waals surface area contributed by atoms with Gasteiger partial charge in [0.1, 0.15) is 0 Å². The quantitative estimate of drug-likeness (QED) is 0.583. The molecule has 0 unspecified atom stereocenters. The SMILES string of the molecule is CC.Cc1cc(C)c(Cl)cn1. The molecular weight excluding hydrogens is 158 g/mol. The molecule has 1 nitrogen and oxygen atoms in total. The fourth-order valence-corrected chi connectivity index (χ4v) is 0.783. The molecule has 1 aromatic heterocycles. The van der Waals surface area contributed by atoms with E-state index in [0.717, 1.165) is 16.3 Å². The van der Waals surface area contributed by atoms with Crippen molar-refractivity contribution in [1.82, 2.24) is 4.98 Å². The summed E-state index contributed by atoms with van der Waals surface area (Å²) in [5, 5.41) is 0.737. The molecular formula is C9H14ClN. The Morgan fingerprint density at radius 3 is 2.18 bits per heavy atom. The second kappa shape index (κ2) is 5.14. The van der Waals surface area contributed by atoms with E-state index in [9.17, 15) is 0 Å². The van der Waals surface area contributed by atoms with E-state index in [-0.39, 0.29) is 0 Å². The number of pyridine rings is 1. The molecule has 0 aliphatic rings. The van der Waals surface area contributed by atoms with Crippen LogP contribution >= 0.6 is 11.6 Å². The van der Waals surface area contributed by atoms with Gasteiger partial charge >= 0.3 is 0 Å². The summed E-state index contributed by atoms with van der Waals surface area (Å²) in [6.45, 7) is 7.92. The average Bonchev–Trinajstić information content (AvgIpc) is 2.02. The number of rotatable bonds is 0. The van der Waals surface area contributed by atoms with Crippen molar-refractivity contribution in [3.05, 3.63) is 28.5 Å². The van der Waals surface area contributed by atoms with Crippen LogP contribution in [0.2, 0.25) is 5.02 Å². The van der Waals surface area contributed by atoms with Crippen molar-refractivity contribution in [3.8, 4) is 0 Å². The van der Waals surface area contributed by atoms with Gasteiger partial charge in [-0.25, -0.2) is 0 Å². The number of nitrogens with zero attached hydrogens (tertiary/aromatic N) is 1. The van der Waals surface area contributed by atoms with Gasteiger partial charge in [-0.2, -0.15) is 0 Å². The van der Waals surface area contributed by atoms with Crippen LogP contribution in [-0.2, 0) is 0 Å². The Labute approximate surface area is 73.4 Å². The van der Waals surface area contributed by atoms with Crippen molar-refractivity contribution in [2.24, 2.45) is 0 Å². The molecule has 0 spiro atoms. The third kappa shape index (κ3) is 3.38. The summed E-state index contributed by atoms with van der Waals surface area (Å²) in [5.41, 5.74) is 2.10. The lowest BCUT2D eigenvalue weighted by atomic mass is 10.2. The Hall–Kier alpha value is -0.560. The molecule has 62 valence electrons. The smallest absolute Gasteiger partial charge is 0.0618 e. The summed E-state index contributed by atoms with van der Waals surface area (Å²) in [5.74, 6) is 0. The Balaban J connectivity index is 0.000000461. The predicted octanol–water partition coefficient (Wildman–Crippen LogP) is 3.38. The topological polar surface area (TPSA) is 12.9 Å². The number of aromatic nitrogens is 1. The van der Waals surface area contributed by atoms with Crippen LogP contribution in [0.25, 0.3) is 0 Å². The molecule has 0 atom stereocenters. The summed E-state index contributed by atoms with van der Waals surface area (Å²) >= 11 is 5.72. The molecule has 0 aromatic carbocycles. The van der Waals surface area contributed by atoms with Crippen LogP contribution < -0.4 is 0 Å². The lowest BCUT2D eigenvalue weighted by molar-refractivity contribution is 1.18. The molecule has 2 heteroatoms. The molecule has 0 N–H and O–H groups in total. The highest BCUT2D eigenvalue weighted by molar-refractivity contribution is 6.31. The fourth-order valence-electron chi connectivity index (χ4n) is 0.680. The maximum absolute atomic E-state index is 5.72. The minimum atomic E-state index is 0.737. The molecule has 11 heavy (non-hydrogen) atoms. The Bertz CT molecular complexity index is 221. The summed E-state index contributed by atoms with van der Waals surface area (Å²) < 4.78 is 0. The average molecular weight is 172 g/mol. The first-order valence-electron chi connectivity index (χ1n) is 3.79. The third-order valence-corrected chi connectivity index (χ3v) is 1.58. The van der Waals surface area contributed by atoms with Crippen LogP contribution in [0.1, 0.15) is 25.1 Å². The summed E-state index contributed by atoms with van der Waals surface area (Å²) in [7, 11) is 0. The van der Waals surface area contributed by atoms with Gasteiger partial charge in [-0.15, -0.1) is 0 Å². The van der Waals surface area contributed by atoms with Crippen LogP contribution in [0.3, 0.4) is 0 Å². The predicted molar refractivity (Wildman–Crippen MR) is 50.1 cm³/mol. The molecule has 1 rings (SSSR count). The van der Waals surface area contributed by atoms with E-state index in [1.54, 1.807) is 6.20 Å². The van der Waals surface area contributed by atoms with Gasteiger partial charge in [0.15, 0.2) is 0 Å². The maximum Gasteiger partial charge on any atom is 0.0618 e. The standard InChI is InChI=1S/C7H8ClN.C2H6/c1-5-3-6(2)9-4-7(5)8;1-2/h3-4H,1-2H3;1-2H3. The Morgan fingerprint density at radius 1 is 1.27 bits per heavy atom. The van der Waals surface area contributed by atoms with Crippen molar-refractivity contribution in [2.75, 3.05) is 0 Å². The number of hydrogen-bond acceptors (Lipinski definition) is 1. The zero-order chi connectivity index (χ0) is 8.85. The largest absolute Gasteiger partial charge is 0.260 e. The van der Waals surface area contributed by atoms with Gasteiger partial charge in [0, 0.05) is 11.9 Å². The van der Waals surface area contributed by atoms with Crippen molar-refractivity contribution >= 4 is 11.6 Å². The van der Waals surface area contributed by atoms with Crippen LogP contribution in [0, 0.1) is 13.8 Å². The monoisotopic (exact) mass is 171 g/mol. The Kier molecular flexibility index (Phi) is 4.88. The minimum absolute atomic E-state index is 0.737. The van der Waals surface area contributed by atoms with E-state index >= 15 is 0 Å². The minimum Gasteiger partial charge on any atom is -0.260 e. The van der Waals surface area contributed by atoms with Crippen LogP contribution in [0.15, 0.2) is 12.3 Å². The summed E-state index contributed by atoms with van der Waals surface area (Å²) in [6, 6.07) is 1.96. The van der Waals surface area contributed by atoms with Gasteiger partial charge in [-0.05, 0) is 25.5 Å². The van der Waals surface area contributed by atoms with Crippen molar-refractivity contribution in [2.45, 2.75) is 27.7 Å². The van der Waals surface area contributed by atoms with Gasteiger partial charge < -0.3 is 0 Å². The highest BCUT2D eigenvalue weighted by Gasteiger charge is 1.92. The molecule has 1 heterocycles. The zero-order valence-electron chi connectivity index (χ0n) is 7.48. The lowest BCUT2D eigenvalue weighted by Gasteiger charge is -1.95. The second-order valence-electron chi connectivity index (χ2n) is 2.07. The summed E-state index contributed by atoms with van der Waals surface area (Å²) in [6.07, 6.45) is 1.67. The molecule has 0 saturated heterocycles. The van der Waals surface area contributed by atoms with Crippen LogP contribution in [0.5, 0.6) is 0 Å². The lowest BCUT2D eigenvalue weighted by Crippen LogP contribution is -1.81. The Morgan fingerprint density at radius 2 is 1.82 bits per heavy atom. The first-order valence-corrected chi connectivity index (χ1v) is 4.16. The fraction of sp³-hybridized carbons (Fsp3) is 0.444. The van der Waals surface area contributed by atoms with Gasteiger partial charge in [0.05, 0.1) is 5.02 Å². The van der Waals surface area contributed by atoms with Crippen molar-refractivity contribution < 1.29 is 0 Å². The van der Waals surface area contributed by atoms with Gasteiger partial charge in [0.25, 0.3) is 0 Å². The molecule has 1 aromatic rings. The molecule has 0 aliphatic carbocycles. The first kappa shape index (κ1) is 10.4. The molecule has 0 fully saturated rings. The normalized spacial score (nSPS) is 8.45. The number of halogens is 1. The molecule has 0 aliphatic heterocycles. The zero-order valence-corrected chi connectivity index (χ0v) is 8.24. The van der Waals surface area contributed by atoms with Crippen molar-refractivity contribution in [1.29, 1.82) is 0 Å². The number of hydrogen-bond donors (Lipinski definition) is 0. The molecule has 0 amide bonds. The van der Waals surface area contributed by atoms with E-state index in [4.69, 9.17) is 11.6 Å². The van der Waals surface area contributed by atoms with Gasteiger partial charge in [-0.1, -0.05) is 25.4 Å². The third-order valence-electron chi connectivity index (χ3n) is 1.18. The van der Waals surface area contributed by atoms with E-state index in [1.807, 2.05) is 33.8 Å². The van der Waals surface area contributed by atoms with E-state index in [0.29, 0.717) is 0 Å². The highest BCUT2D eigenvalue weighted by Crippen LogP contribution is 2.12. The first-order chi connectivity index (χ1) is 5.20. The summed E-state index contributed by atoms with van der Waals surface area (Å²) in [4.78, 5) is 4.01. The molecule has 0 bridgehead atoms. The van der Waals surface area contributed by atoms with E-state index < -0.39 is 0 Å². The van der Waals surface area contributed by atoms with Crippen LogP contribution in [0.4, 0.5) is 0 Å². The van der Waals surface area contributed by atoms with Gasteiger partial charge in [0.2, 0.25) is 0 Å². The maximum atomic E-state index is 5.72. The van der Waals surface area contributed by atoms with Crippen molar-refractivity contribution in [3.63, 3.8) is 0 Å².